The molecule has 6 nitrogen and oxygen atoms in total. The summed E-state index contributed by atoms with van der Waals surface area (Å²) in [6.45, 7) is 0. The fourth-order valence-electron chi connectivity index (χ4n) is 2.02. The first-order valence-corrected chi connectivity index (χ1v) is 7.55. The summed E-state index contributed by atoms with van der Waals surface area (Å²) in [6.07, 6.45) is 3.04. The highest BCUT2D eigenvalue weighted by atomic mass is 32.2. The number of carbonyl (C=O) groups excluding carboxylic acids is 1. The summed E-state index contributed by atoms with van der Waals surface area (Å²) >= 11 is 6.26. The van der Waals surface area contributed by atoms with Gasteiger partial charge in [0.2, 0.25) is 0 Å². The van der Waals surface area contributed by atoms with Crippen molar-refractivity contribution in [3.05, 3.63) is 52.8 Å². The van der Waals surface area contributed by atoms with Crippen LogP contribution in [0.2, 0.25) is 0 Å². The van der Waals surface area contributed by atoms with Crippen LogP contribution in [0.1, 0.15) is 16.1 Å². The molecule has 2 heterocycles. The number of hydrogen-bond donors (Lipinski definition) is 1. The van der Waals surface area contributed by atoms with Gasteiger partial charge in [0.15, 0.2) is 4.32 Å². The number of rotatable bonds is 3. The zero-order valence-corrected chi connectivity index (χ0v) is 13.0. The Labute approximate surface area is 140 Å². The van der Waals surface area contributed by atoms with Crippen LogP contribution in [0.25, 0.3) is 6.08 Å². The lowest BCUT2D eigenvalue weighted by atomic mass is 10.1. The SMILES string of the molecule is O=C(O)c1cc(N2C(=O)/C(=C\c3ccco3)SC2=S)ccc1[O-]. The molecule has 0 bridgehead atoms. The third-order valence-electron chi connectivity index (χ3n) is 3.06. The van der Waals surface area contributed by atoms with Crippen molar-refractivity contribution in [2.75, 3.05) is 4.90 Å². The molecule has 8 heteroatoms. The van der Waals surface area contributed by atoms with E-state index in [1.807, 2.05) is 0 Å². The average Bonchev–Trinajstić information content (AvgIpc) is 3.09. The lowest BCUT2D eigenvalue weighted by Gasteiger charge is -2.18. The van der Waals surface area contributed by atoms with Crippen LogP contribution in [0, 0.1) is 0 Å². The lowest BCUT2D eigenvalue weighted by Crippen LogP contribution is -2.27. The second-order valence-corrected chi connectivity index (χ2v) is 6.19. The topological polar surface area (TPSA) is 93.8 Å². The smallest absolute Gasteiger partial charge is 0.335 e. The highest BCUT2D eigenvalue weighted by Crippen LogP contribution is 2.37. The second kappa shape index (κ2) is 5.90. The molecule has 2 aromatic rings. The maximum atomic E-state index is 12.5. The zero-order valence-electron chi connectivity index (χ0n) is 11.4. The average molecular weight is 346 g/mol. The van der Waals surface area contributed by atoms with Crippen LogP contribution in [0.4, 0.5) is 5.69 Å². The Morgan fingerprint density at radius 2 is 2.17 bits per heavy atom. The monoisotopic (exact) mass is 346 g/mol. The molecular weight excluding hydrogens is 338 g/mol. The number of benzene rings is 1. The van der Waals surface area contributed by atoms with Crippen molar-refractivity contribution < 1.29 is 24.2 Å². The van der Waals surface area contributed by atoms with E-state index in [0.29, 0.717) is 10.7 Å². The first kappa shape index (κ1) is 15.3. The Kier molecular flexibility index (Phi) is 3.93. The van der Waals surface area contributed by atoms with Crippen LogP contribution in [-0.2, 0) is 4.79 Å². The van der Waals surface area contributed by atoms with E-state index in [1.54, 1.807) is 18.2 Å². The molecule has 1 fully saturated rings. The van der Waals surface area contributed by atoms with E-state index in [-0.39, 0.29) is 10.0 Å². The molecule has 0 unspecified atom stereocenters. The molecule has 1 aliphatic rings. The van der Waals surface area contributed by atoms with Gasteiger partial charge >= 0.3 is 5.97 Å². The van der Waals surface area contributed by atoms with Gasteiger partial charge in [-0.3, -0.25) is 9.69 Å². The Balaban J connectivity index is 1.98. The van der Waals surface area contributed by atoms with Crippen molar-refractivity contribution in [3.8, 4) is 5.75 Å². The van der Waals surface area contributed by atoms with Crippen LogP contribution in [0.3, 0.4) is 0 Å². The normalized spacial score (nSPS) is 16.3. The molecule has 0 saturated carbocycles. The zero-order chi connectivity index (χ0) is 16.6. The summed E-state index contributed by atoms with van der Waals surface area (Å²) in [4.78, 5) is 25.1. The minimum absolute atomic E-state index is 0.243. The van der Waals surface area contributed by atoms with Gasteiger partial charge in [0, 0.05) is 6.08 Å². The van der Waals surface area contributed by atoms with Gasteiger partial charge in [0.25, 0.3) is 5.91 Å². The van der Waals surface area contributed by atoms with Crippen molar-refractivity contribution in [3.63, 3.8) is 0 Å². The third kappa shape index (κ3) is 2.86. The minimum Gasteiger partial charge on any atom is -0.872 e. The standard InChI is InChI=1S/C15H9NO5S2/c17-11-4-3-8(6-10(11)14(19)20)16-13(18)12(23-15(16)22)7-9-2-1-5-21-9/h1-7,17H,(H,19,20)/p-1/b12-7+. The molecular formula is C15H8NO5S2-. The van der Waals surface area contributed by atoms with Gasteiger partial charge in [-0.15, -0.1) is 0 Å². The molecule has 23 heavy (non-hydrogen) atoms. The molecule has 1 aromatic heterocycles. The molecule has 1 aliphatic heterocycles. The number of aromatic carboxylic acids is 1. The Bertz CT molecular complexity index is 842. The molecule has 1 amide bonds. The molecule has 116 valence electrons. The number of thiocarbonyl (C=S) groups is 1. The van der Waals surface area contributed by atoms with E-state index in [0.717, 1.165) is 23.9 Å². The number of nitrogens with zero attached hydrogens (tertiary/aromatic N) is 1. The summed E-state index contributed by atoms with van der Waals surface area (Å²) in [5.74, 6) is -1.87. The van der Waals surface area contributed by atoms with Crippen molar-refractivity contribution in [1.29, 1.82) is 0 Å². The van der Waals surface area contributed by atoms with Crippen molar-refractivity contribution in [2.45, 2.75) is 0 Å². The first-order valence-electron chi connectivity index (χ1n) is 6.33. The van der Waals surface area contributed by atoms with Gasteiger partial charge in [-0.25, -0.2) is 4.79 Å². The molecule has 0 spiro atoms. The fraction of sp³-hybridized carbons (Fsp3) is 0. The van der Waals surface area contributed by atoms with E-state index in [1.165, 1.54) is 17.2 Å². The van der Waals surface area contributed by atoms with Crippen molar-refractivity contribution in [2.24, 2.45) is 0 Å². The lowest BCUT2D eigenvalue weighted by molar-refractivity contribution is -0.268. The number of amides is 1. The number of carboxylic acid groups (broad SMARTS) is 1. The van der Waals surface area contributed by atoms with Gasteiger partial charge in [-0.2, -0.15) is 0 Å². The van der Waals surface area contributed by atoms with E-state index >= 15 is 0 Å². The van der Waals surface area contributed by atoms with Gasteiger partial charge in [-0.1, -0.05) is 35.8 Å². The van der Waals surface area contributed by atoms with Crippen LogP contribution < -0.4 is 10.0 Å². The van der Waals surface area contributed by atoms with E-state index in [4.69, 9.17) is 21.7 Å². The van der Waals surface area contributed by atoms with Gasteiger partial charge < -0.3 is 14.6 Å². The first-order chi connectivity index (χ1) is 11.0. The van der Waals surface area contributed by atoms with Gasteiger partial charge in [0.05, 0.1) is 22.4 Å². The molecule has 1 saturated heterocycles. The molecule has 3 rings (SSSR count). The Morgan fingerprint density at radius 3 is 2.83 bits per heavy atom. The summed E-state index contributed by atoms with van der Waals surface area (Å²) < 4.78 is 5.42. The van der Waals surface area contributed by atoms with Gasteiger partial charge in [0.1, 0.15) is 5.76 Å². The van der Waals surface area contributed by atoms with Crippen LogP contribution in [0.5, 0.6) is 5.75 Å². The number of furan rings is 1. The quantitative estimate of drug-likeness (QED) is 0.674. The van der Waals surface area contributed by atoms with Crippen molar-refractivity contribution >= 4 is 51.9 Å². The summed E-state index contributed by atoms with van der Waals surface area (Å²) in [6, 6.07) is 7.01. The predicted octanol–water partition coefficient (Wildman–Crippen LogP) is 2.46. The van der Waals surface area contributed by atoms with Gasteiger partial charge in [-0.05, 0) is 24.3 Å². The number of anilines is 1. The van der Waals surface area contributed by atoms with E-state index in [2.05, 4.69) is 0 Å². The minimum atomic E-state index is -1.35. The largest absolute Gasteiger partial charge is 0.872 e. The third-order valence-corrected chi connectivity index (χ3v) is 4.36. The predicted molar refractivity (Wildman–Crippen MR) is 87.2 cm³/mol. The van der Waals surface area contributed by atoms with E-state index < -0.39 is 23.2 Å². The molecule has 1 N–H and O–H groups in total. The van der Waals surface area contributed by atoms with E-state index in [9.17, 15) is 14.7 Å². The molecule has 0 aliphatic carbocycles. The van der Waals surface area contributed by atoms with Crippen LogP contribution >= 0.6 is 24.0 Å². The molecule has 0 atom stereocenters. The maximum Gasteiger partial charge on any atom is 0.335 e. The molecule has 0 radical (unpaired) electrons. The summed E-state index contributed by atoms with van der Waals surface area (Å²) in [5, 5.41) is 20.5. The van der Waals surface area contributed by atoms with Crippen molar-refractivity contribution in [1.82, 2.24) is 0 Å². The number of thioether (sulfide) groups is 1. The number of carboxylic acids is 1. The number of hydrogen-bond acceptors (Lipinski definition) is 6. The highest BCUT2D eigenvalue weighted by Gasteiger charge is 2.33. The Hall–Kier alpha value is -2.58. The highest BCUT2D eigenvalue weighted by molar-refractivity contribution is 8.27. The fourth-order valence-corrected chi connectivity index (χ4v) is 3.30. The second-order valence-electron chi connectivity index (χ2n) is 4.52. The van der Waals surface area contributed by atoms with Crippen LogP contribution in [0.15, 0.2) is 45.9 Å². The summed E-state index contributed by atoms with van der Waals surface area (Å²) in [5.41, 5.74) is -0.168. The number of carbonyl (C=O) groups is 2. The Morgan fingerprint density at radius 1 is 1.39 bits per heavy atom. The summed E-state index contributed by atoms with van der Waals surface area (Å²) in [7, 11) is 0. The van der Waals surface area contributed by atoms with Crippen LogP contribution in [-0.4, -0.2) is 21.3 Å². The maximum absolute atomic E-state index is 12.5. The molecule has 1 aromatic carbocycles.